The Morgan fingerprint density at radius 1 is 0.655 bits per heavy atom. The molecule has 1 amide bonds. The Morgan fingerprint density at radius 2 is 1.28 bits per heavy atom. The molecule has 144 valence electrons. The first kappa shape index (κ1) is 18.6. The zero-order valence-electron chi connectivity index (χ0n) is 16.3. The van der Waals surface area contributed by atoms with E-state index in [0.29, 0.717) is 17.1 Å². The lowest BCUT2D eigenvalue weighted by Crippen LogP contribution is -2.27. The summed E-state index contributed by atoms with van der Waals surface area (Å²) in [6.07, 6.45) is 0. The molecule has 4 aromatic carbocycles. The predicted molar refractivity (Wildman–Crippen MR) is 116 cm³/mol. The van der Waals surface area contributed by atoms with E-state index in [-0.39, 0.29) is 5.91 Å². The molecule has 0 atom stereocenters. The van der Waals surface area contributed by atoms with Gasteiger partial charge in [-0.2, -0.15) is 0 Å². The number of amides is 1. The van der Waals surface area contributed by atoms with Crippen LogP contribution in [0.5, 0.6) is 11.5 Å². The third-order valence-corrected chi connectivity index (χ3v) is 4.85. The van der Waals surface area contributed by atoms with Crippen molar-refractivity contribution < 1.29 is 14.3 Å². The van der Waals surface area contributed by atoms with Crippen LogP contribution in [0.4, 0.5) is 11.4 Å². The highest BCUT2D eigenvalue weighted by molar-refractivity contribution is 6.14. The highest BCUT2D eigenvalue weighted by atomic mass is 16.5. The molecule has 0 fully saturated rings. The number of ether oxygens (including phenoxy) is 2. The molecule has 0 saturated carbocycles. The van der Waals surface area contributed by atoms with E-state index in [1.807, 2.05) is 66.7 Å². The summed E-state index contributed by atoms with van der Waals surface area (Å²) in [5.41, 5.74) is 1.92. The molecule has 0 N–H and O–H groups in total. The van der Waals surface area contributed by atoms with Crippen LogP contribution in [0.25, 0.3) is 10.8 Å². The van der Waals surface area contributed by atoms with Gasteiger partial charge in [-0.15, -0.1) is 0 Å². The number of fused-ring (bicyclic) bond motifs is 1. The lowest BCUT2D eigenvalue weighted by atomic mass is 10.1. The highest BCUT2D eigenvalue weighted by Gasteiger charge is 2.26. The maximum atomic E-state index is 13.8. The molecule has 0 radical (unpaired) electrons. The number of methoxy groups -OCH3 is 2. The Bertz CT molecular complexity index is 1130. The van der Waals surface area contributed by atoms with Crippen LogP contribution >= 0.6 is 0 Å². The van der Waals surface area contributed by atoms with Gasteiger partial charge in [0, 0.05) is 11.4 Å². The minimum Gasteiger partial charge on any atom is -0.496 e. The average molecular weight is 383 g/mol. The first-order valence-corrected chi connectivity index (χ1v) is 9.32. The minimum absolute atomic E-state index is 0.221. The number of rotatable bonds is 5. The second-order valence-electron chi connectivity index (χ2n) is 6.55. The largest absolute Gasteiger partial charge is 0.496 e. The molecule has 0 spiro atoms. The van der Waals surface area contributed by atoms with E-state index in [2.05, 4.69) is 6.07 Å². The summed E-state index contributed by atoms with van der Waals surface area (Å²) in [5, 5.41) is 2.18. The zero-order chi connectivity index (χ0) is 20.2. The van der Waals surface area contributed by atoms with Crippen LogP contribution in [0.1, 0.15) is 10.4 Å². The van der Waals surface area contributed by atoms with Crippen molar-refractivity contribution in [3.8, 4) is 11.5 Å². The van der Waals surface area contributed by atoms with Gasteiger partial charge in [-0.3, -0.25) is 9.69 Å². The molecule has 0 aromatic heterocycles. The summed E-state index contributed by atoms with van der Waals surface area (Å²) < 4.78 is 10.9. The summed E-state index contributed by atoms with van der Waals surface area (Å²) in [4.78, 5) is 15.5. The van der Waals surface area contributed by atoms with E-state index in [1.165, 1.54) is 0 Å². The van der Waals surface area contributed by atoms with Crippen molar-refractivity contribution in [2.75, 3.05) is 19.1 Å². The SMILES string of the molecule is COc1cccc(OC)c1C(=O)N(c1ccccc1)c1ccc2ccccc2c1. The number of para-hydroxylation sites is 1. The van der Waals surface area contributed by atoms with E-state index in [0.717, 1.165) is 22.1 Å². The molecule has 29 heavy (non-hydrogen) atoms. The Balaban J connectivity index is 1.91. The summed E-state index contributed by atoms with van der Waals surface area (Å²) >= 11 is 0. The van der Waals surface area contributed by atoms with Crippen LogP contribution in [0.2, 0.25) is 0 Å². The minimum atomic E-state index is -0.221. The van der Waals surface area contributed by atoms with Crippen LogP contribution in [0, 0.1) is 0 Å². The van der Waals surface area contributed by atoms with Crippen molar-refractivity contribution in [2.24, 2.45) is 0 Å². The maximum Gasteiger partial charge on any atom is 0.270 e. The van der Waals surface area contributed by atoms with E-state index < -0.39 is 0 Å². The number of carbonyl (C=O) groups is 1. The number of hydrogen-bond acceptors (Lipinski definition) is 3. The average Bonchev–Trinajstić information content (AvgIpc) is 2.79. The van der Waals surface area contributed by atoms with Crippen LogP contribution in [0.3, 0.4) is 0 Å². The molecule has 4 nitrogen and oxygen atoms in total. The number of carbonyl (C=O) groups excluding carboxylic acids is 1. The van der Waals surface area contributed by atoms with Crippen molar-refractivity contribution in [2.45, 2.75) is 0 Å². The lowest BCUT2D eigenvalue weighted by molar-refractivity contribution is 0.0993. The molecule has 4 heteroatoms. The third kappa shape index (κ3) is 3.52. The van der Waals surface area contributed by atoms with Gasteiger partial charge < -0.3 is 9.47 Å². The molecular formula is C25H21NO3. The molecule has 0 heterocycles. The Kier molecular flexibility index (Phi) is 5.16. The van der Waals surface area contributed by atoms with Crippen molar-refractivity contribution in [3.05, 3.63) is 96.6 Å². The summed E-state index contributed by atoms with van der Waals surface area (Å²) in [5.74, 6) is 0.716. The van der Waals surface area contributed by atoms with Crippen molar-refractivity contribution in [1.82, 2.24) is 0 Å². The molecule has 0 aliphatic heterocycles. The fourth-order valence-corrected chi connectivity index (χ4v) is 3.45. The van der Waals surface area contributed by atoms with Crippen LogP contribution in [0.15, 0.2) is 91.0 Å². The fourth-order valence-electron chi connectivity index (χ4n) is 3.45. The van der Waals surface area contributed by atoms with Crippen molar-refractivity contribution in [1.29, 1.82) is 0 Å². The van der Waals surface area contributed by atoms with Gasteiger partial charge in [0.2, 0.25) is 0 Å². The second-order valence-corrected chi connectivity index (χ2v) is 6.55. The van der Waals surface area contributed by atoms with Crippen molar-refractivity contribution >= 4 is 28.1 Å². The number of nitrogens with zero attached hydrogens (tertiary/aromatic N) is 1. The molecule has 4 aromatic rings. The van der Waals surface area contributed by atoms with Gasteiger partial charge in [-0.05, 0) is 47.2 Å². The molecule has 0 saturated heterocycles. The van der Waals surface area contributed by atoms with E-state index in [9.17, 15) is 4.79 Å². The highest BCUT2D eigenvalue weighted by Crippen LogP contribution is 2.35. The standard InChI is InChI=1S/C25H21NO3/c1-28-22-13-8-14-23(29-2)24(22)25(27)26(20-11-4-3-5-12-20)21-16-15-18-9-6-7-10-19(18)17-21/h3-17H,1-2H3. The van der Waals surface area contributed by atoms with Crippen LogP contribution in [-0.4, -0.2) is 20.1 Å². The smallest absolute Gasteiger partial charge is 0.270 e. The van der Waals surface area contributed by atoms with Gasteiger partial charge in [-0.25, -0.2) is 0 Å². The number of benzene rings is 4. The van der Waals surface area contributed by atoms with Gasteiger partial charge in [-0.1, -0.05) is 54.6 Å². The number of anilines is 2. The Labute approximate surface area is 169 Å². The van der Waals surface area contributed by atoms with Gasteiger partial charge in [0.1, 0.15) is 17.1 Å². The molecular weight excluding hydrogens is 362 g/mol. The predicted octanol–water partition coefficient (Wildman–Crippen LogP) is 5.84. The van der Waals surface area contributed by atoms with Gasteiger partial charge in [0.25, 0.3) is 5.91 Å². The van der Waals surface area contributed by atoms with Gasteiger partial charge in [0.15, 0.2) is 0 Å². The Morgan fingerprint density at radius 3 is 1.93 bits per heavy atom. The molecule has 0 unspecified atom stereocenters. The summed E-state index contributed by atoms with van der Waals surface area (Å²) in [6, 6.07) is 29.0. The number of hydrogen-bond donors (Lipinski definition) is 0. The maximum absolute atomic E-state index is 13.8. The fraction of sp³-hybridized carbons (Fsp3) is 0.0800. The first-order valence-electron chi connectivity index (χ1n) is 9.32. The zero-order valence-corrected chi connectivity index (χ0v) is 16.3. The monoisotopic (exact) mass is 383 g/mol. The molecule has 0 bridgehead atoms. The van der Waals surface area contributed by atoms with Crippen LogP contribution in [-0.2, 0) is 0 Å². The molecule has 0 aliphatic rings. The van der Waals surface area contributed by atoms with E-state index >= 15 is 0 Å². The first-order chi connectivity index (χ1) is 14.2. The molecule has 0 aliphatic carbocycles. The van der Waals surface area contributed by atoms with E-state index in [4.69, 9.17) is 9.47 Å². The van der Waals surface area contributed by atoms with Crippen molar-refractivity contribution in [3.63, 3.8) is 0 Å². The normalized spacial score (nSPS) is 10.6. The van der Waals surface area contributed by atoms with Crippen LogP contribution < -0.4 is 14.4 Å². The van der Waals surface area contributed by atoms with E-state index in [1.54, 1.807) is 37.3 Å². The van der Waals surface area contributed by atoms with Gasteiger partial charge in [0.05, 0.1) is 14.2 Å². The lowest BCUT2D eigenvalue weighted by Gasteiger charge is -2.25. The quantitative estimate of drug-likeness (QED) is 0.435. The summed E-state index contributed by atoms with van der Waals surface area (Å²) in [7, 11) is 3.10. The third-order valence-electron chi connectivity index (χ3n) is 4.85. The summed E-state index contributed by atoms with van der Waals surface area (Å²) in [6.45, 7) is 0. The second kappa shape index (κ2) is 8.07. The topological polar surface area (TPSA) is 38.8 Å². The molecule has 4 rings (SSSR count). The Hall–Kier alpha value is -3.79. The van der Waals surface area contributed by atoms with Gasteiger partial charge >= 0.3 is 0 Å².